The molecule has 3 aromatic carbocycles. The quantitative estimate of drug-likeness (QED) is 0.217. The van der Waals surface area contributed by atoms with E-state index >= 15 is 0 Å². The van der Waals surface area contributed by atoms with E-state index in [2.05, 4.69) is 63.3 Å². The molecule has 3 amide bonds. The van der Waals surface area contributed by atoms with Gasteiger partial charge in [-0.15, -0.1) is 5.10 Å². The molecule has 1 unspecified atom stereocenters. The number of ketones is 1. The molecule has 0 bridgehead atoms. The molecule has 0 spiro atoms. The lowest BCUT2D eigenvalue weighted by Crippen LogP contribution is -2.37. The van der Waals surface area contributed by atoms with Crippen molar-refractivity contribution in [2.75, 3.05) is 10.3 Å². The van der Waals surface area contributed by atoms with Crippen LogP contribution >= 0.6 is 34.8 Å². The standard InChI is InChI=1S/C36H39Cl3N4O5/c1-8-27(48-28-13-12-20(18-35(2,3)4)14-22(28)19-36(5,6)7)33(46)40-24-11-9-10-21(15-24)32(45)41-31-30(44)34(47)43(42-31)29-25(38)16-23(37)17-26(29)39/h9-17,27H,8,18-19H2,1-7H3,(H,40,46)(H,41,42,45). The number of nitrogens with zero attached hydrogens (tertiary/aromatic N) is 2. The van der Waals surface area contributed by atoms with Gasteiger partial charge in [0.05, 0.1) is 10.0 Å². The zero-order valence-electron chi connectivity index (χ0n) is 28.0. The van der Waals surface area contributed by atoms with E-state index in [1.54, 1.807) is 12.1 Å². The minimum Gasteiger partial charge on any atom is -0.480 e. The van der Waals surface area contributed by atoms with E-state index in [9.17, 15) is 19.2 Å². The van der Waals surface area contributed by atoms with E-state index in [0.717, 1.165) is 18.4 Å². The number of Topliss-reactive ketones (excluding diaryl/α,β-unsaturated/α-hetero) is 1. The number of hydrogen-bond donors (Lipinski definition) is 2. The summed E-state index contributed by atoms with van der Waals surface area (Å²) in [5, 5.41) is 10.1. The van der Waals surface area contributed by atoms with Gasteiger partial charge in [0.25, 0.3) is 17.6 Å². The van der Waals surface area contributed by atoms with Crippen molar-refractivity contribution in [2.45, 2.75) is 73.8 Å². The van der Waals surface area contributed by atoms with Crippen LogP contribution in [0.15, 0.2) is 59.7 Å². The maximum atomic E-state index is 13.4. The number of amidine groups is 1. The van der Waals surface area contributed by atoms with E-state index in [1.807, 2.05) is 19.1 Å². The molecule has 48 heavy (non-hydrogen) atoms. The molecular weight excluding hydrogens is 675 g/mol. The number of hydrogen-bond acceptors (Lipinski definition) is 6. The van der Waals surface area contributed by atoms with Crippen molar-refractivity contribution in [1.29, 1.82) is 0 Å². The van der Waals surface area contributed by atoms with Gasteiger partial charge in [0, 0.05) is 16.3 Å². The maximum Gasteiger partial charge on any atom is 0.323 e. The highest BCUT2D eigenvalue weighted by Gasteiger charge is 2.38. The number of benzene rings is 3. The van der Waals surface area contributed by atoms with E-state index in [1.165, 1.54) is 29.8 Å². The molecule has 0 radical (unpaired) electrons. The van der Waals surface area contributed by atoms with Crippen molar-refractivity contribution in [1.82, 2.24) is 5.32 Å². The normalized spacial score (nSPS) is 14.1. The average molecular weight is 714 g/mol. The molecular formula is C36H39Cl3N4O5. The van der Waals surface area contributed by atoms with Crippen molar-refractivity contribution in [3.8, 4) is 5.75 Å². The van der Waals surface area contributed by atoms with Gasteiger partial charge in [-0.3, -0.25) is 19.2 Å². The van der Waals surface area contributed by atoms with Gasteiger partial charge in [0.15, 0.2) is 6.10 Å². The summed E-state index contributed by atoms with van der Waals surface area (Å²) >= 11 is 18.3. The number of rotatable bonds is 9. The van der Waals surface area contributed by atoms with Crippen LogP contribution in [-0.4, -0.2) is 35.4 Å². The number of carbonyl (C=O) groups is 4. The topological polar surface area (TPSA) is 117 Å². The van der Waals surface area contributed by atoms with Crippen LogP contribution in [0.5, 0.6) is 5.75 Å². The van der Waals surface area contributed by atoms with E-state index in [-0.39, 0.29) is 43.1 Å². The molecule has 0 aliphatic carbocycles. The maximum absolute atomic E-state index is 13.4. The Balaban J connectivity index is 1.49. The number of carbonyl (C=O) groups excluding carboxylic acids is 4. The number of halogens is 3. The summed E-state index contributed by atoms with van der Waals surface area (Å²) in [5.41, 5.74) is 2.76. The first-order chi connectivity index (χ1) is 22.3. The van der Waals surface area contributed by atoms with Crippen LogP contribution in [0.2, 0.25) is 15.1 Å². The number of ether oxygens (including phenoxy) is 1. The summed E-state index contributed by atoms with van der Waals surface area (Å²) in [6.45, 7) is 14.9. The highest BCUT2D eigenvalue weighted by atomic mass is 35.5. The molecule has 1 heterocycles. The third-order valence-electron chi connectivity index (χ3n) is 7.13. The summed E-state index contributed by atoms with van der Waals surface area (Å²) in [7, 11) is 0. The summed E-state index contributed by atoms with van der Waals surface area (Å²) in [6, 6.07) is 15.0. The first kappa shape index (κ1) is 36.9. The number of hydrazone groups is 1. The predicted octanol–water partition coefficient (Wildman–Crippen LogP) is 8.28. The number of amides is 3. The summed E-state index contributed by atoms with van der Waals surface area (Å²) < 4.78 is 6.31. The molecule has 3 aromatic rings. The van der Waals surface area contributed by atoms with Gasteiger partial charge >= 0.3 is 5.91 Å². The van der Waals surface area contributed by atoms with Gasteiger partial charge in [-0.25, -0.2) is 0 Å². The third-order valence-corrected chi connectivity index (χ3v) is 7.93. The Bertz CT molecular complexity index is 1770. The minimum atomic E-state index is -1.06. The van der Waals surface area contributed by atoms with Crippen molar-refractivity contribution in [2.24, 2.45) is 15.9 Å². The third kappa shape index (κ3) is 9.36. The van der Waals surface area contributed by atoms with Crippen LogP contribution in [0.3, 0.4) is 0 Å². The molecule has 0 saturated heterocycles. The zero-order valence-corrected chi connectivity index (χ0v) is 30.2. The Morgan fingerprint density at radius 3 is 2.12 bits per heavy atom. The number of anilines is 2. The monoisotopic (exact) mass is 712 g/mol. The molecule has 4 rings (SSSR count). The lowest BCUT2D eigenvalue weighted by Gasteiger charge is -2.25. The van der Waals surface area contributed by atoms with Crippen molar-refractivity contribution in [3.63, 3.8) is 0 Å². The fourth-order valence-corrected chi connectivity index (χ4v) is 6.13. The second-order valence-electron chi connectivity index (χ2n) is 14.1. The van der Waals surface area contributed by atoms with E-state index in [0.29, 0.717) is 22.9 Å². The predicted molar refractivity (Wildman–Crippen MR) is 191 cm³/mol. The van der Waals surface area contributed by atoms with E-state index < -0.39 is 29.5 Å². The van der Waals surface area contributed by atoms with Crippen molar-refractivity contribution in [3.05, 3.63) is 86.4 Å². The fourth-order valence-electron chi connectivity index (χ4n) is 5.15. The molecule has 9 nitrogen and oxygen atoms in total. The molecule has 2 N–H and O–H groups in total. The molecule has 1 atom stereocenters. The largest absolute Gasteiger partial charge is 0.480 e. The molecule has 0 aromatic heterocycles. The van der Waals surface area contributed by atoms with Crippen LogP contribution in [0, 0.1) is 10.8 Å². The first-order valence-corrected chi connectivity index (χ1v) is 16.6. The van der Waals surface area contributed by atoms with Gasteiger partial charge < -0.3 is 15.4 Å². The van der Waals surface area contributed by atoms with Crippen LogP contribution in [0.1, 0.15) is 76.4 Å². The summed E-state index contributed by atoms with van der Waals surface area (Å²) in [6.07, 6.45) is 1.28. The lowest BCUT2D eigenvalue weighted by molar-refractivity contribution is -0.131. The smallest absolute Gasteiger partial charge is 0.323 e. The van der Waals surface area contributed by atoms with Crippen LogP contribution in [-0.2, 0) is 27.2 Å². The van der Waals surface area contributed by atoms with Gasteiger partial charge in [0.1, 0.15) is 11.4 Å². The van der Waals surface area contributed by atoms with Crippen LogP contribution in [0.4, 0.5) is 11.4 Å². The Morgan fingerprint density at radius 2 is 1.52 bits per heavy atom. The zero-order chi connectivity index (χ0) is 35.6. The van der Waals surface area contributed by atoms with Gasteiger partial charge in [-0.2, -0.15) is 5.01 Å². The first-order valence-electron chi connectivity index (χ1n) is 15.5. The van der Waals surface area contributed by atoms with Gasteiger partial charge in [-0.05, 0) is 77.6 Å². The minimum absolute atomic E-state index is 0.000355. The molecule has 0 fully saturated rings. The second-order valence-corrected chi connectivity index (χ2v) is 15.3. The van der Waals surface area contributed by atoms with Crippen LogP contribution in [0.25, 0.3) is 0 Å². The molecule has 1 aliphatic heterocycles. The van der Waals surface area contributed by atoms with E-state index in [4.69, 9.17) is 39.5 Å². The SMILES string of the molecule is CCC(Oc1ccc(CC(C)(C)C)cc1CC(C)(C)C)C(=O)Nc1cccc(C(=O)NC2=NN(c3c(Cl)cc(Cl)cc3Cl)C(=O)C2=O)c1. The summed E-state index contributed by atoms with van der Waals surface area (Å²) in [5.74, 6) is -3.09. The lowest BCUT2D eigenvalue weighted by atomic mass is 9.84. The molecule has 0 saturated carbocycles. The molecule has 1 aliphatic rings. The Morgan fingerprint density at radius 1 is 0.875 bits per heavy atom. The van der Waals surface area contributed by atoms with Crippen molar-refractivity contribution < 1.29 is 23.9 Å². The summed E-state index contributed by atoms with van der Waals surface area (Å²) in [4.78, 5) is 51.9. The average Bonchev–Trinajstić information content (AvgIpc) is 3.23. The van der Waals surface area contributed by atoms with Crippen LogP contribution < -0.4 is 20.4 Å². The van der Waals surface area contributed by atoms with Gasteiger partial charge in [0.2, 0.25) is 5.84 Å². The highest BCUT2D eigenvalue weighted by molar-refractivity contribution is 6.70. The Kier molecular flexibility index (Phi) is 11.3. The second kappa shape index (κ2) is 14.7. The molecule has 12 heteroatoms. The van der Waals surface area contributed by atoms with Gasteiger partial charge in [-0.1, -0.05) is 101 Å². The number of nitrogens with one attached hydrogen (secondary N) is 2. The molecule has 254 valence electrons. The van der Waals surface area contributed by atoms with Crippen molar-refractivity contribution >= 4 is 75.5 Å². The Hall–Kier alpha value is -3.92. The highest BCUT2D eigenvalue weighted by Crippen LogP contribution is 2.38. The Labute approximate surface area is 296 Å². The fraction of sp³-hybridized carbons (Fsp3) is 0.361.